The maximum absolute atomic E-state index is 5.25. The number of ether oxygens (including phenoxy) is 2. The highest BCUT2D eigenvalue weighted by molar-refractivity contribution is 5.77. The van der Waals surface area contributed by atoms with Crippen LogP contribution < -0.4 is 0 Å². The number of rotatable bonds is 5. The average Bonchev–Trinajstić information content (AvgIpc) is 2.35. The second kappa shape index (κ2) is 6.13. The number of hydrogen-bond donors (Lipinski definition) is 0. The number of methoxy groups -OCH3 is 2. The summed E-state index contributed by atoms with van der Waals surface area (Å²) in [7, 11) is 3.32. The quantitative estimate of drug-likeness (QED) is 0.558. The van der Waals surface area contributed by atoms with Crippen LogP contribution in [0.2, 0.25) is 0 Å². The van der Waals surface area contributed by atoms with Crippen LogP contribution in [0.5, 0.6) is 0 Å². The van der Waals surface area contributed by atoms with Crippen LogP contribution in [-0.4, -0.2) is 20.8 Å². The highest BCUT2D eigenvalue weighted by Crippen LogP contribution is 2.24. The van der Waals surface area contributed by atoms with Crippen LogP contribution in [0.3, 0.4) is 0 Å². The molecule has 0 N–H and O–H groups in total. The molecule has 0 saturated carbocycles. The maximum Gasteiger partial charge on any atom is 0.0985 e. The fourth-order valence-electron chi connectivity index (χ4n) is 1.48. The van der Waals surface area contributed by atoms with Gasteiger partial charge in [-0.3, -0.25) is 0 Å². The zero-order valence-corrected chi connectivity index (χ0v) is 10.1. The van der Waals surface area contributed by atoms with E-state index in [2.05, 4.69) is 6.58 Å². The fraction of sp³-hybridized carbons (Fsp3) is 0.286. The van der Waals surface area contributed by atoms with Crippen LogP contribution in [0.25, 0.3) is 5.57 Å². The summed E-state index contributed by atoms with van der Waals surface area (Å²) in [5, 5.41) is 0. The van der Waals surface area contributed by atoms with Gasteiger partial charge in [0.2, 0.25) is 0 Å². The van der Waals surface area contributed by atoms with Gasteiger partial charge >= 0.3 is 0 Å². The summed E-state index contributed by atoms with van der Waals surface area (Å²) in [6, 6.07) is 10.0. The van der Waals surface area contributed by atoms with Crippen molar-refractivity contribution in [1.82, 2.24) is 0 Å². The lowest BCUT2D eigenvalue weighted by atomic mass is 9.99. The van der Waals surface area contributed by atoms with Crippen molar-refractivity contribution in [2.45, 2.75) is 6.92 Å². The largest absolute Gasteiger partial charge is 0.501 e. The molecular formula is C14H18O2. The molecule has 0 heterocycles. The molecular weight excluding hydrogens is 200 g/mol. The minimum atomic E-state index is 0.507. The van der Waals surface area contributed by atoms with E-state index in [1.165, 1.54) is 0 Å². The van der Waals surface area contributed by atoms with Crippen LogP contribution in [-0.2, 0) is 9.47 Å². The molecule has 0 amide bonds. The van der Waals surface area contributed by atoms with Gasteiger partial charge in [0, 0.05) is 12.7 Å². The molecule has 0 aromatic heterocycles. The third kappa shape index (κ3) is 2.97. The zero-order chi connectivity index (χ0) is 12.0. The fourth-order valence-corrected chi connectivity index (χ4v) is 1.48. The summed E-state index contributed by atoms with van der Waals surface area (Å²) in [6.07, 6.45) is 0. The molecule has 1 rings (SSSR count). The summed E-state index contributed by atoms with van der Waals surface area (Å²) in [4.78, 5) is 0. The normalized spacial score (nSPS) is 11.9. The molecule has 0 saturated heterocycles. The van der Waals surface area contributed by atoms with E-state index in [1.54, 1.807) is 14.2 Å². The van der Waals surface area contributed by atoms with E-state index in [4.69, 9.17) is 9.47 Å². The lowest BCUT2D eigenvalue weighted by Crippen LogP contribution is -2.01. The Morgan fingerprint density at radius 3 is 2.31 bits per heavy atom. The van der Waals surface area contributed by atoms with Gasteiger partial charge in [-0.1, -0.05) is 36.9 Å². The van der Waals surface area contributed by atoms with Crippen molar-refractivity contribution in [2.75, 3.05) is 20.8 Å². The highest BCUT2D eigenvalue weighted by atomic mass is 16.5. The van der Waals surface area contributed by atoms with Crippen molar-refractivity contribution < 1.29 is 9.47 Å². The average molecular weight is 218 g/mol. The smallest absolute Gasteiger partial charge is 0.0985 e. The Hall–Kier alpha value is -1.54. The number of allylic oxidation sites excluding steroid dienone is 1. The molecule has 0 aliphatic heterocycles. The molecule has 1 aromatic carbocycles. The molecule has 0 aliphatic rings. The number of hydrogen-bond acceptors (Lipinski definition) is 2. The van der Waals surface area contributed by atoms with E-state index in [-0.39, 0.29) is 0 Å². The monoisotopic (exact) mass is 218 g/mol. The molecule has 1 aromatic rings. The van der Waals surface area contributed by atoms with Gasteiger partial charge in [0.25, 0.3) is 0 Å². The molecule has 0 unspecified atom stereocenters. The molecule has 0 bridgehead atoms. The first-order valence-corrected chi connectivity index (χ1v) is 5.18. The van der Waals surface area contributed by atoms with Gasteiger partial charge in [0.05, 0.1) is 19.5 Å². The van der Waals surface area contributed by atoms with Crippen molar-refractivity contribution in [3.63, 3.8) is 0 Å². The summed E-state index contributed by atoms with van der Waals surface area (Å²) in [5.74, 6) is 0.843. The van der Waals surface area contributed by atoms with Gasteiger partial charge in [-0.25, -0.2) is 0 Å². The van der Waals surface area contributed by atoms with Crippen molar-refractivity contribution in [2.24, 2.45) is 0 Å². The number of benzene rings is 1. The predicted molar refractivity (Wildman–Crippen MR) is 67.1 cm³/mol. The van der Waals surface area contributed by atoms with Crippen molar-refractivity contribution in [1.29, 1.82) is 0 Å². The molecule has 2 nitrogen and oxygen atoms in total. The van der Waals surface area contributed by atoms with Crippen molar-refractivity contribution >= 4 is 5.57 Å². The van der Waals surface area contributed by atoms with E-state index in [0.29, 0.717) is 6.61 Å². The summed E-state index contributed by atoms with van der Waals surface area (Å²) in [5.41, 5.74) is 3.03. The van der Waals surface area contributed by atoms with E-state index in [9.17, 15) is 0 Å². The van der Waals surface area contributed by atoms with Gasteiger partial charge in [0.1, 0.15) is 0 Å². The van der Waals surface area contributed by atoms with E-state index < -0.39 is 0 Å². The zero-order valence-electron chi connectivity index (χ0n) is 10.1. The van der Waals surface area contributed by atoms with Crippen LogP contribution in [0.1, 0.15) is 12.5 Å². The Balaban J connectivity index is 3.02. The van der Waals surface area contributed by atoms with Crippen LogP contribution in [0, 0.1) is 0 Å². The third-order valence-corrected chi connectivity index (χ3v) is 2.51. The van der Waals surface area contributed by atoms with Gasteiger partial charge in [-0.2, -0.15) is 0 Å². The van der Waals surface area contributed by atoms with E-state index in [0.717, 1.165) is 22.5 Å². The lowest BCUT2D eigenvalue weighted by molar-refractivity contribution is 0.217. The van der Waals surface area contributed by atoms with Gasteiger partial charge < -0.3 is 9.47 Å². The standard InChI is InChI=1S/C14H18O2/c1-11(13-8-6-5-7-9-13)14(10-15-3)12(2)16-4/h5-9H,1,10H2,2-4H3/b14-12-. The Labute approximate surface area is 97.2 Å². The first kappa shape index (κ1) is 12.5. The minimum absolute atomic E-state index is 0.507. The van der Waals surface area contributed by atoms with Crippen molar-refractivity contribution in [3.8, 4) is 0 Å². The molecule has 0 aliphatic carbocycles. The predicted octanol–water partition coefficient (Wildman–Crippen LogP) is 3.27. The van der Waals surface area contributed by atoms with Crippen LogP contribution >= 0.6 is 0 Å². The first-order chi connectivity index (χ1) is 7.70. The molecule has 2 heteroatoms. The summed E-state index contributed by atoms with van der Waals surface area (Å²) in [6.45, 7) is 6.52. The highest BCUT2D eigenvalue weighted by Gasteiger charge is 2.09. The second-order valence-corrected chi connectivity index (χ2v) is 3.52. The lowest BCUT2D eigenvalue weighted by Gasteiger charge is -2.13. The minimum Gasteiger partial charge on any atom is -0.501 e. The van der Waals surface area contributed by atoms with E-state index >= 15 is 0 Å². The SMILES string of the molecule is C=C(/C(COC)=C(/C)OC)c1ccccc1. The Morgan fingerprint density at radius 2 is 1.81 bits per heavy atom. The first-order valence-electron chi connectivity index (χ1n) is 5.18. The molecule has 0 spiro atoms. The van der Waals surface area contributed by atoms with E-state index in [1.807, 2.05) is 37.3 Å². The molecule has 0 fully saturated rings. The third-order valence-electron chi connectivity index (χ3n) is 2.51. The van der Waals surface area contributed by atoms with Crippen molar-refractivity contribution in [3.05, 3.63) is 53.8 Å². The summed E-state index contributed by atoms with van der Waals surface area (Å²) >= 11 is 0. The molecule has 0 atom stereocenters. The maximum atomic E-state index is 5.25. The second-order valence-electron chi connectivity index (χ2n) is 3.52. The Bertz CT molecular complexity index is 377. The molecule has 86 valence electrons. The summed E-state index contributed by atoms with van der Waals surface area (Å²) < 4.78 is 10.4. The van der Waals surface area contributed by atoms with Gasteiger partial charge in [-0.15, -0.1) is 0 Å². The topological polar surface area (TPSA) is 18.5 Å². The van der Waals surface area contributed by atoms with Gasteiger partial charge in [0.15, 0.2) is 0 Å². The molecule has 16 heavy (non-hydrogen) atoms. The van der Waals surface area contributed by atoms with Gasteiger partial charge in [-0.05, 0) is 18.1 Å². The van der Waals surface area contributed by atoms with Crippen LogP contribution in [0.15, 0.2) is 48.2 Å². The molecule has 0 radical (unpaired) electrons. The Morgan fingerprint density at radius 1 is 1.19 bits per heavy atom. The Kier molecular flexibility index (Phi) is 4.80. The van der Waals surface area contributed by atoms with Crippen LogP contribution in [0.4, 0.5) is 0 Å².